The first-order chi connectivity index (χ1) is 7.18. The summed E-state index contributed by atoms with van der Waals surface area (Å²) in [5.41, 5.74) is 7.67. The number of carboxylic acid groups (broad SMARTS) is 1. The van der Waals surface area contributed by atoms with E-state index in [0.29, 0.717) is 18.2 Å². The van der Waals surface area contributed by atoms with Crippen molar-refractivity contribution < 1.29 is 9.90 Å². The second-order valence-electron chi connectivity index (χ2n) is 4.02. The number of aliphatic carboxylic acids is 1. The number of anilines is 1. The quantitative estimate of drug-likeness (QED) is 0.696. The number of hydrogen-bond acceptors (Lipinski definition) is 3. The number of nitrogens with two attached hydrogens (primary N) is 1. The highest BCUT2D eigenvalue weighted by Crippen LogP contribution is 2.38. The van der Waals surface area contributed by atoms with E-state index in [9.17, 15) is 4.79 Å². The van der Waals surface area contributed by atoms with Crippen LogP contribution in [0.15, 0.2) is 0 Å². The lowest BCUT2D eigenvalue weighted by molar-refractivity contribution is -0.136. The molecule has 0 bridgehead atoms. The molecular formula is C10H15N3O2. The molecule has 0 aliphatic heterocycles. The Labute approximate surface area is 87.7 Å². The minimum absolute atomic E-state index is 0.115. The van der Waals surface area contributed by atoms with Crippen LogP contribution in [0.1, 0.15) is 42.9 Å². The Hall–Kier alpha value is -1.52. The maximum Gasteiger partial charge on any atom is 0.303 e. The van der Waals surface area contributed by atoms with Gasteiger partial charge in [0.1, 0.15) is 5.82 Å². The van der Waals surface area contributed by atoms with Crippen molar-refractivity contribution in [2.24, 2.45) is 0 Å². The number of nitrogen functional groups attached to an aromatic ring is 1. The summed E-state index contributed by atoms with van der Waals surface area (Å²) in [6.07, 6.45) is 4.14. The van der Waals surface area contributed by atoms with Crippen LogP contribution in [0.2, 0.25) is 0 Å². The molecule has 0 amide bonds. The molecule has 5 heteroatoms. The van der Waals surface area contributed by atoms with Crippen molar-refractivity contribution in [1.29, 1.82) is 0 Å². The molecule has 1 aliphatic rings. The van der Waals surface area contributed by atoms with Crippen LogP contribution in [-0.2, 0) is 11.2 Å². The van der Waals surface area contributed by atoms with Crippen LogP contribution in [-0.4, -0.2) is 21.3 Å². The second kappa shape index (κ2) is 3.92. The van der Waals surface area contributed by atoms with Crippen LogP contribution in [0.4, 0.5) is 5.82 Å². The van der Waals surface area contributed by atoms with Crippen molar-refractivity contribution in [2.45, 2.75) is 38.0 Å². The molecule has 1 heterocycles. The Bertz CT molecular complexity index is 369. The first-order valence-electron chi connectivity index (χ1n) is 5.23. The highest BCUT2D eigenvalue weighted by molar-refractivity contribution is 5.67. The molecule has 2 rings (SSSR count). The van der Waals surface area contributed by atoms with Gasteiger partial charge in [0.05, 0.1) is 0 Å². The summed E-state index contributed by atoms with van der Waals surface area (Å²) in [4.78, 5) is 10.5. The van der Waals surface area contributed by atoms with E-state index in [1.54, 1.807) is 0 Å². The van der Waals surface area contributed by atoms with Gasteiger partial charge in [0.2, 0.25) is 0 Å². The molecule has 0 aromatic carbocycles. The van der Waals surface area contributed by atoms with E-state index < -0.39 is 5.97 Å². The van der Waals surface area contributed by atoms with Gasteiger partial charge >= 0.3 is 5.97 Å². The molecule has 15 heavy (non-hydrogen) atoms. The van der Waals surface area contributed by atoms with Crippen molar-refractivity contribution in [3.63, 3.8) is 0 Å². The minimum atomic E-state index is -0.796. The number of carboxylic acids is 1. The summed E-state index contributed by atoms with van der Waals surface area (Å²) in [6.45, 7) is 0. The smallest absolute Gasteiger partial charge is 0.303 e. The molecule has 82 valence electrons. The van der Waals surface area contributed by atoms with Crippen molar-refractivity contribution in [2.75, 3.05) is 5.73 Å². The number of aromatic nitrogens is 2. The number of rotatable bonds is 4. The zero-order valence-electron chi connectivity index (χ0n) is 8.49. The summed E-state index contributed by atoms with van der Waals surface area (Å²) >= 11 is 0. The van der Waals surface area contributed by atoms with Gasteiger partial charge in [-0.25, -0.2) is 0 Å². The van der Waals surface area contributed by atoms with Crippen LogP contribution < -0.4 is 5.73 Å². The lowest BCUT2D eigenvalue weighted by Crippen LogP contribution is -2.12. The zero-order valence-corrected chi connectivity index (χ0v) is 8.49. The Morgan fingerprint density at radius 2 is 2.33 bits per heavy atom. The summed E-state index contributed by atoms with van der Waals surface area (Å²) < 4.78 is 0. The van der Waals surface area contributed by atoms with Gasteiger partial charge in [-0.2, -0.15) is 5.10 Å². The van der Waals surface area contributed by atoms with Gasteiger partial charge in [-0.3, -0.25) is 9.89 Å². The molecule has 1 aromatic rings. The Kier molecular flexibility index (Phi) is 2.62. The predicted octanol–water partition coefficient (Wildman–Crippen LogP) is 1.28. The summed E-state index contributed by atoms with van der Waals surface area (Å²) in [5.74, 6) is 0.173. The van der Waals surface area contributed by atoms with Crippen molar-refractivity contribution in [3.05, 3.63) is 11.3 Å². The molecule has 0 unspecified atom stereocenters. The number of H-pyrrole nitrogens is 1. The number of carbonyl (C=O) groups is 1. The fourth-order valence-electron chi connectivity index (χ4n) is 1.92. The topological polar surface area (TPSA) is 92.0 Å². The van der Waals surface area contributed by atoms with Crippen LogP contribution >= 0.6 is 0 Å². The molecule has 0 atom stereocenters. The van der Waals surface area contributed by atoms with E-state index in [-0.39, 0.29) is 6.42 Å². The second-order valence-corrected chi connectivity index (χ2v) is 4.02. The molecule has 1 aromatic heterocycles. The first-order valence-corrected chi connectivity index (χ1v) is 5.23. The monoisotopic (exact) mass is 209 g/mol. The molecule has 4 N–H and O–H groups in total. The minimum Gasteiger partial charge on any atom is -0.481 e. The van der Waals surface area contributed by atoms with E-state index in [1.807, 2.05) is 0 Å². The van der Waals surface area contributed by atoms with Crippen molar-refractivity contribution in [3.8, 4) is 0 Å². The molecule has 5 nitrogen and oxygen atoms in total. The van der Waals surface area contributed by atoms with Crippen LogP contribution in [0, 0.1) is 0 Å². The molecule has 0 saturated heterocycles. The van der Waals surface area contributed by atoms with Gasteiger partial charge < -0.3 is 10.8 Å². The highest BCUT2D eigenvalue weighted by atomic mass is 16.4. The largest absolute Gasteiger partial charge is 0.481 e. The number of hydrogen-bond donors (Lipinski definition) is 3. The first kappa shape index (κ1) is 10.0. The third kappa shape index (κ3) is 1.95. The van der Waals surface area contributed by atoms with E-state index in [4.69, 9.17) is 10.8 Å². The molecule has 1 saturated carbocycles. The van der Waals surface area contributed by atoms with Gasteiger partial charge in [-0.15, -0.1) is 0 Å². The van der Waals surface area contributed by atoms with E-state index in [1.165, 1.54) is 6.42 Å². The van der Waals surface area contributed by atoms with E-state index >= 15 is 0 Å². The highest BCUT2D eigenvalue weighted by Gasteiger charge is 2.25. The fourth-order valence-corrected chi connectivity index (χ4v) is 1.92. The third-order valence-corrected chi connectivity index (χ3v) is 3.03. The average molecular weight is 209 g/mol. The summed E-state index contributed by atoms with van der Waals surface area (Å²) in [5, 5.41) is 15.5. The summed E-state index contributed by atoms with van der Waals surface area (Å²) in [7, 11) is 0. The number of nitrogens with one attached hydrogen (secondary N) is 1. The average Bonchev–Trinajstić information content (AvgIpc) is 2.42. The van der Waals surface area contributed by atoms with Crippen molar-refractivity contribution in [1.82, 2.24) is 10.2 Å². The van der Waals surface area contributed by atoms with E-state index in [0.717, 1.165) is 24.1 Å². The molecule has 1 aliphatic carbocycles. The lowest BCUT2D eigenvalue weighted by Gasteiger charge is -2.25. The fraction of sp³-hybridized carbons (Fsp3) is 0.600. The normalized spacial score (nSPS) is 16.3. The Morgan fingerprint density at radius 3 is 2.87 bits per heavy atom. The van der Waals surface area contributed by atoms with Crippen molar-refractivity contribution >= 4 is 11.8 Å². The SMILES string of the molecule is Nc1n[nH]c(C2CCC2)c1CCC(=O)O. The maximum atomic E-state index is 10.5. The van der Waals surface area contributed by atoms with Gasteiger partial charge in [0, 0.05) is 23.6 Å². The van der Waals surface area contributed by atoms with Gasteiger partial charge in [0.15, 0.2) is 0 Å². The van der Waals surface area contributed by atoms with Gasteiger partial charge in [-0.05, 0) is 19.3 Å². The van der Waals surface area contributed by atoms with Crippen LogP contribution in [0.25, 0.3) is 0 Å². The summed E-state index contributed by atoms with van der Waals surface area (Å²) in [6, 6.07) is 0. The van der Waals surface area contributed by atoms with Gasteiger partial charge in [-0.1, -0.05) is 6.42 Å². The third-order valence-electron chi connectivity index (χ3n) is 3.03. The predicted molar refractivity (Wildman–Crippen MR) is 55.5 cm³/mol. The van der Waals surface area contributed by atoms with E-state index in [2.05, 4.69) is 10.2 Å². The molecule has 1 fully saturated rings. The van der Waals surface area contributed by atoms with Gasteiger partial charge in [0.25, 0.3) is 0 Å². The Balaban J connectivity index is 2.12. The number of aromatic amines is 1. The molecule has 0 spiro atoms. The zero-order chi connectivity index (χ0) is 10.8. The maximum absolute atomic E-state index is 10.5. The number of nitrogens with zero attached hydrogens (tertiary/aromatic N) is 1. The molecule has 0 radical (unpaired) electrons. The standard InChI is InChI=1S/C10H15N3O2/c11-10-7(4-5-8(14)15)9(12-13-10)6-2-1-3-6/h6H,1-5H2,(H,14,15)(H3,11,12,13). The van der Waals surface area contributed by atoms with Crippen LogP contribution in [0.3, 0.4) is 0 Å². The Morgan fingerprint density at radius 1 is 1.60 bits per heavy atom. The molecular weight excluding hydrogens is 194 g/mol. The lowest BCUT2D eigenvalue weighted by atomic mass is 9.81. The van der Waals surface area contributed by atoms with Crippen LogP contribution in [0.5, 0.6) is 0 Å².